The van der Waals surface area contributed by atoms with Gasteiger partial charge in [0.25, 0.3) is 0 Å². The number of likely N-dealkylation sites (tertiary alicyclic amines) is 1. The molecule has 1 saturated heterocycles. The first-order chi connectivity index (χ1) is 9.66. The smallest absolute Gasteiger partial charge is 0.211 e. The van der Waals surface area contributed by atoms with Gasteiger partial charge in [0.1, 0.15) is 6.29 Å². The van der Waals surface area contributed by atoms with Gasteiger partial charge in [0.05, 0.1) is 12.8 Å². The van der Waals surface area contributed by atoms with Gasteiger partial charge >= 0.3 is 0 Å². The summed E-state index contributed by atoms with van der Waals surface area (Å²) in [5.41, 5.74) is 0.265. The summed E-state index contributed by atoms with van der Waals surface area (Å²) < 4.78 is 24.4. The molecule has 1 rings (SSSR count). The van der Waals surface area contributed by atoms with Gasteiger partial charge in [-0.25, -0.2) is 8.42 Å². The Labute approximate surface area is 128 Å². The lowest BCUT2D eigenvalue weighted by molar-refractivity contribution is -0.108. The fourth-order valence-corrected chi connectivity index (χ4v) is 3.38. The molecule has 1 atom stereocenters. The highest BCUT2D eigenvalue weighted by molar-refractivity contribution is 7.88. The number of rotatable bonds is 8. The molecule has 0 amide bonds. The topological polar surface area (TPSA) is 69.7 Å². The predicted molar refractivity (Wildman–Crippen MR) is 84.8 cm³/mol. The van der Waals surface area contributed by atoms with E-state index in [1.54, 1.807) is 0 Å². The molecule has 0 spiro atoms. The zero-order valence-electron chi connectivity index (χ0n) is 13.6. The second-order valence-corrected chi connectivity index (χ2v) is 8.62. The predicted octanol–water partition coefficient (Wildman–Crippen LogP) is 0.157. The highest BCUT2D eigenvalue weighted by Crippen LogP contribution is 2.29. The summed E-state index contributed by atoms with van der Waals surface area (Å²) >= 11 is 0. The van der Waals surface area contributed by atoms with Crippen LogP contribution in [0.1, 0.15) is 26.7 Å². The Morgan fingerprint density at radius 2 is 1.95 bits per heavy atom. The Kier molecular flexibility index (Phi) is 6.77. The van der Waals surface area contributed by atoms with Gasteiger partial charge in [-0.2, -0.15) is 4.31 Å². The van der Waals surface area contributed by atoms with Crippen LogP contribution in [0.5, 0.6) is 0 Å². The number of hydrogen-bond donors (Lipinski definition) is 1. The van der Waals surface area contributed by atoms with Gasteiger partial charge in [-0.1, -0.05) is 6.92 Å². The van der Waals surface area contributed by atoms with Crippen LogP contribution >= 0.6 is 0 Å². The molecule has 1 N–H and O–H groups in total. The van der Waals surface area contributed by atoms with Crippen LogP contribution in [0.3, 0.4) is 0 Å². The van der Waals surface area contributed by atoms with Gasteiger partial charge in [-0.3, -0.25) is 0 Å². The van der Waals surface area contributed by atoms with Crippen LogP contribution in [-0.4, -0.2) is 76.0 Å². The average Bonchev–Trinajstić information content (AvgIpc) is 2.39. The van der Waals surface area contributed by atoms with Crippen molar-refractivity contribution in [1.82, 2.24) is 14.5 Å². The fourth-order valence-electron chi connectivity index (χ4n) is 2.55. The molecular formula is C14H29N3O3S. The molecule has 1 aliphatic heterocycles. The number of hydrogen-bond acceptors (Lipinski definition) is 5. The lowest BCUT2D eigenvalue weighted by Crippen LogP contribution is -2.47. The van der Waals surface area contributed by atoms with Crippen molar-refractivity contribution in [3.63, 3.8) is 0 Å². The normalized spacial score (nSPS) is 21.4. The summed E-state index contributed by atoms with van der Waals surface area (Å²) in [7, 11) is -1.19. The molecule has 21 heavy (non-hydrogen) atoms. The van der Waals surface area contributed by atoms with E-state index in [4.69, 9.17) is 0 Å². The van der Waals surface area contributed by atoms with Crippen LogP contribution in [0.4, 0.5) is 0 Å². The van der Waals surface area contributed by atoms with E-state index in [0.717, 1.165) is 38.7 Å². The molecule has 1 fully saturated rings. The Balaban J connectivity index is 2.45. The van der Waals surface area contributed by atoms with Crippen LogP contribution < -0.4 is 5.32 Å². The number of carbonyl (C=O) groups is 1. The Morgan fingerprint density at radius 1 is 1.38 bits per heavy atom. The van der Waals surface area contributed by atoms with Gasteiger partial charge in [0.15, 0.2) is 0 Å². The SMILES string of the molecule is CC(CN(CC=O)S(C)(=O)=O)NCC1(C)CCN(C)CC1. The molecule has 1 heterocycles. The molecule has 1 unspecified atom stereocenters. The maximum Gasteiger partial charge on any atom is 0.211 e. The van der Waals surface area contributed by atoms with E-state index in [0.29, 0.717) is 12.8 Å². The van der Waals surface area contributed by atoms with Gasteiger partial charge in [0, 0.05) is 19.1 Å². The van der Waals surface area contributed by atoms with Crippen molar-refractivity contribution in [2.75, 3.05) is 46.0 Å². The van der Waals surface area contributed by atoms with E-state index in [1.807, 2.05) is 6.92 Å². The molecule has 0 aromatic carbocycles. The van der Waals surface area contributed by atoms with E-state index < -0.39 is 10.0 Å². The zero-order chi connectivity index (χ0) is 16.1. The molecule has 0 radical (unpaired) electrons. The Bertz CT molecular complexity index is 431. The maximum absolute atomic E-state index is 11.6. The molecule has 0 aromatic heterocycles. The van der Waals surface area contributed by atoms with Crippen molar-refractivity contribution in [2.24, 2.45) is 5.41 Å². The monoisotopic (exact) mass is 319 g/mol. The highest BCUT2D eigenvalue weighted by Gasteiger charge is 2.29. The van der Waals surface area contributed by atoms with E-state index in [-0.39, 0.29) is 18.0 Å². The maximum atomic E-state index is 11.6. The second-order valence-electron chi connectivity index (χ2n) is 6.64. The molecule has 6 nitrogen and oxygen atoms in total. The summed E-state index contributed by atoms with van der Waals surface area (Å²) in [6, 6.07) is 0.0242. The van der Waals surface area contributed by atoms with Crippen molar-refractivity contribution in [3.05, 3.63) is 0 Å². The number of carbonyl (C=O) groups excluding carboxylic acids is 1. The third kappa shape index (κ3) is 6.42. The fraction of sp³-hybridized carbons (Fsp3) is 0.929. The average molecular weight is 319 g/mol. The van der Waals surface area contributed by atoms with Crippen molar-refractivity contribution in [3.8, 4) is 0 Å². The van der Waals surface area contributed by atoms with E-state index in [1.165, 1.54) is 4.31 Å². The third-order valence-corrected chi connectivity index (χ3v) is 5.53. The van der Waals surface area contributed by atoms with E-state index >= 15 is 0 Å². The molecule has 0 saturated carbocycles. The highest BCUT2D eigenvalue weighted by atomic mass is 32.2. The van der Waals surface area contributed by atoms with Crippen LogP contribution in [0.2, 0.25) is 0 Å². The largest absolute Gasteiger partial charge is 0.312 e. The minimum Gasteiger partial charge on any atom is -0.312 e. The summed E-state index contributed by atoms with van der Waals surface area (Å²) in [5.74, 6) is 0. The summed E-state index contributed by atoms with van der Waals surface area (Å²) in [4.78, 5) is 12.9. The number of nitrogens with one attached hydrogen (secondary N) is 1. The molecule has 124 valence electrons. The molecular weight excluding hydrogens is 290 g/mol. The van der Waals surface area contributed by atoms with E-state index in [2.05, 4.69) is 24.2 Å². The number of sulfonamides is 1. The molecule has 0 bridgehead atoms. The Hall–Kier alpha value is -0.500. The van der Waals surface area contributed by atoms with Crippen LogP contribution in [0, 0.1) is 5.41 Å². The van der Waals surface area contributed by atoms with Crippen molar-refractivity contribution >= 4 is 16.3 Å². The number of piperidine rings is 1. The summed E-state index contributed by atoms with van der Waals surface area (Å²) in [6.45, 7) is 7.57. The molecule has 0 aliphatic carbocycles. The van der Waals surface area contributed by atoms with Crippen molar-refractivity contribution in [1.29, 1.82) is 0 Å². The van der Waals surface area contributed by atoms with Gasteiger partial charge < -0.3 is 15.0 Å². The van der Waals surface area contributed by atoms with Crippen LogP contribution in [0.25, 0.3) is 0 Å². The number of aldehydes is 1. The Morgan fingerprint density at radius 3 is 2.43 bits per heavy atom. The van der Waals surface area contributed by atoms with Crippen LogP contribution in [-0.2, 0) is 14.8 Å². The van der Waals surface area contributed by atoms with Crippen LogP contribution in [0.15, 0.2) is 0 Å². The van der Waals surface area contributed by atoms with Crippen molar-refractivity contribution < 1.29 is 13.2 Å². The first-order valence-corrected chi connectivity index (χ1v) is 9.32. The summed E-state index contributed by atoms with van der Waals surface area (Å²) in [6.07, 6.45) is 4.06. The minimum atomic E-state index is -3.33. The lowest BCUT2D eigenvalue weighted by Gasteiger charge is -2.39. The lowest BCUT2D eigenvalue weighted by atomic mass is 9.80. The number of nitrogens with zero attached hydrogens (tertiary/aromatic N) is 2. The molecule has 0 aromatic rings. The minimum absolute atomic E-state index is 0.0242. The van der Waals surface area contributed by atoms with E-state index in [9.17, 15) is 13.2 Å². The summed E-state index contributed by atoms with van der Waals surface area (Å²) in [5, 5.41) is 3.43. The van der Waals surface area contributed by atoms with Crippen molar-refractivity contribution in [2.45, 2.75) is 32.7 Å². The van der Waals surface area contributed by atoms with Gasteiger partial charge in [-0.05, 0) is 45.3 Å². The standard InChI is InChI=1S/C14H29N3O3S/c1-13(11-17(9-10-18)21(4,19)20)15-12-14(2)5-7-16(3)8-6-14/h10,13,15H,5-9,11-12H2,1-4H3. The first kappa shape index (κ1) is 18.5. The van der Waals surface area contributed by atoms with Gasteiger partial charge in [0.2, 0.25) is 10.0 Å². The second kappa shape index (κ2) is 7.67. The first-order valence-electron chi connectivity index (χ1n) is 7.47. The quantitative estimate of drug-likeness (QED) is 0.645. The molecule has 7 heteroatoms. The third-order valence-electron chi connectivity index (χ3n) is 4.30. The van der Waals surface area contributed by atoms with Gasteiger partial charge in [-0.15, -0.1) is 0 Å². The molecule has 1 aliphatic rings. The zero-order valence-corrected chi connectivity index (χ0v) is 14.4.